The molecule has 0 amide bonds. The molecule has 1 unspecified atom stereocenters. The molecule has 8 heteroatoms. The maximum Gasteiger partial charge on any atom is 0.190 e. The summed E-state index contributed by atoms with van der Waals surface area (Å²) in [5.41, 5.74) is 1.42. The lowest BCUT2D eigenvalue weighted by atomic mass is 10.2. The van der Waals surface area contributed by atoms with Gasteiger partial charge >= 0.3 is 0 Å². The number of hydrogen-bond donors (Lipinski definition) is 2. The fourth-order valence-electron chi connectivity index (χ4n) is 4.27. The number of rotatable bonds is 13. The van der Waals surface area contributed by atoms with Crippen molar-refractivity contribution in [1.82, 2.24) is 20.4 Å². The summed E-state index contributed by atoms with van der Waals surface area (Å²) < 4.78 is 11.3. The summed E-state index contributed by atoms with van der Waals surface area (Å²) in [5, 5.41) is 6.80. The Morgan fingerprint density at radius 1 is 1.03 bits per heavy atom. The maximum absolute atomic E-state index is 5.71. The monoisotopic (exact) mass is 573 g/mol. The first-order chi connectivity index (χ1) is 15.8. The molecule has 2 fully saturated rings. The lowest BCUT2D eigenvalue weighted by molar-refractivity contribution is 0.0168. The lowest BCUT2D eigenvalue weighted by Gasteiger charge is -2.34. The van der Waals surface area contributed by atoms with E-state index in [0.717, 1.165) is 64.7 Å². The van der Waals surface area contributed by atoms with E-state index in [9.17, 15) is 0 Å². The van der Waals surface area contributed by atoms with Gasteiger partial charge in [0, 0.05) is 66.1 Å². The molecule has 1 aromatic rings. The highest BCUT2D eigenvalue weighted by molar-refractivity contribution is 14.0. The van der Waals surface area contributed by atoms with Gasteiger partial charge in [0.1, 0.15) is 0 Å². The minimum absolute atomic E-state index is 0. The van der Waals surface area contributed by atoms with Crippen LogP contribution >= 0.6 is 24.0 Å². The van der Waals surface area contributed by atoms with Crippen LogP contribution in [0.4, 0.5) is 0 Å². The van der Waals surface area contributed by atoms with Gasteiger partial charge in [0.2, 0.25) is 0 Å². The Bertz CT molecular complexity index is 635. The third-order valence-corrected chi connectivity index (χ3v) is 6.22. The predicted molar refractivity (Wildman–Crippen MR) is 147 cm³/mol. The van der Waals surface area contributed by atoms with Gasteiger partial charge < -0.3 is 25.0 Å². The molecule has 0 aliphatic carbocycles. The summed E-state index contributed by atoms with van der Waals surface area (Å²) in [5.74, 6) is 0.888. The number of unbranched alkanes of at least 4 members (excludes halogenated alkanes) is 1. The van der Waals surface area contributed by atoms with Crippen LogP contribution in [0.25, 0.3) is 0 Å². The second kappa shape index (κ2) is 17.5. The zero-order valence-corrected chi connectivity index (χ0v) is 22.7. The van der Waals surface area contributed by atoms with Crippen molar-refractivity contribution in [3.8, 4) is 0 Å². The number of piperazine rings is 1. The van der Waals surface area contributed by atoms with Gasteiger partial charge in [-0.1, -0.05) is 30.3 Å². The van der Waals surface area contributed by atoms with Gasteiger partial charge in [-0.05, 0) is 44.2 Å². The normalized spacial score (nSPS) is 19.9. The Labute approximate surface area is 217 Å². The molecular formula is C25H44IN5O2. The quantitative estimate of drug-likeness (QED) is 0.164. The summed E-state index contributed by atoms with van der Waals surface area (Å²) >= 11 is 0. The third-order valence-electron chi connectivity index (χ3n) is 6.22. The van der Waals surface area contributed by atoms with Gasteiger partial charge in [-0.25, -0.2) is 0 Å². The van der Waals surface area contributed by atoms with Gasteiger partial charge in [0.25, 0.3) is 0 Å². The zero-order chi connectivity index (χ0) is 22.3. The minimum Gasteiger partial charge on any atom is -0.379 e. The summed E-state index contributed by atoms with van der Waals surface area (Å²) in [6.45, 7) is 11.2. The number of hydrogen-bond acceptors (Lipinski definition) is 5. The van der Waals surface area contributed by atoms with Crippen molar-refractivity contribution in [1.29, 1.82) is 0 Å². The van der Waals surface area contributed by atoms with Crippen molar-refractivity contribution in [2.45, 2.75) is 44.8 Å². The molecule has 33 heavy (non-hydrogen) atoms. The molecule has 3 rings (SSSR count). The van der Waals surface area contributed by atoms with E-state index in [1.807, 2.05) is 7.05 Å². The van der Waals surface area contributed by atoms with Crippen LogP contribution in [-0.4, -0.2) is 94.5 Å². The van der Waals surface area contributed by atoms with Crippen LogP contribution in [0.2, 0.25) is 0 Å². The molecule has 0 spiro atoms. The van der Waals surface area contributed by atoms with Gasteiger partial charge in [-0.3, -0.25) is 9.89 Å². The molecule has 0 saturated carbocycles. The SMILES string of the molecule is CN=C(NCCCCN1CCN(Cc2ccccc2)CC1)NCCCOCC1CCCO1.I. The molecule has 2 aliphatic heterocycles. The lowest BCUT2D eigenvalue weighted by Crippen LogP contribution is -2.46. The first-order valence-corrected chi connectivity index (χ1v) is 12.5. The van der Waals surface area contributed by atoms with Crippen molar-refractivity contribution in [2.75, 3.05) is 72.7 Å². The van der Waals surface area contributed by atoms with Crippen LogP contribution in [-0.2, 0) is 16.0 Å². The fourth-order valence-corrected chi connectivity index (χ4v) is 4.27. The molecule has 1 atom stereocenters. The largest absolute Gasteiger partial charge is 0.379 e. The van der Waals surface area contributed by atoms with Crippen molar-refractivity contribution < 1.29 is 9.47 Å². The topological polar surface area (TPSA) is 61.4 Å². The molecule has 0 bridgehead atoms. The first-order valence-electron chi connectivity index (χ1n) is 12.5. The van der Waals surface area contributed by atoms with Crippen molar-refractivity contribution >= 4 is 29.9 Å². The summed E-state index contributed by atoms with van der Waals surface area (Å²) in [6.07, 6.45) is 5.98. The molecule has 0 radical (unpaired) electrons. The molecule has 2 heterocycles. The van der Waals surface area contributed by atoms with Crippen LogP contribution < -0.4 is 10.6 Å². The van der Waals surface area contributed by atoms with Gasteiger partial charge in [0.05, 0.1) is 12.7 Å². The van der Waals surface area contributed by atoms with E-state index in [4.69, 9.17) is 9.47 Å². The molecule has 2 saturated heterocycles. The second-order valence-corrected chi connectivity index (χ2v) is 8.80. The highest BCUT2D eigenvalue weighted by Gasteiger charge is 2.16. The Kier molecular flexibility index (Phi) is 15.0. The van der Waals surface area contributed by atoms with Crippen molar-refractivity contribution in [2.24, 2.45) is 4.99 Å². The van der Waals surface area contributed by atoms with Gasteiger partial charge in [-0.15, -0.1) is 24.0 Å². The third kappa shape index (κ3) is 11.8. The van der Waals surface area contributed by atoms with Gasteiger partial charge in [-0.2, -0.15) is 0 Å². The summed E-state index contributed by atoms with van der Waals surface area (Å²) in [4.78, 5) is 9.49. The molecule has 188 valence electrons. The highest BCUT2D eigenvalue weighted by Crippen LogP contribution is 2.12. The Balaban J connectivity index is 0.00000385. The van der Waals surface area contributed by atoms with Crippen LogP contribution in [0.3, 0.4) is 0 Å². The van der Waals surface area contributed by atoms with E-state index in [1.165, 1.54) is 51.1 Å². The Morgan fingerprint density at radius 2 is 1.76 bits per heavy atom. The second-order valence-electron chi connectivity index (χ2n) is 8.80. The average Bonchev–Trinajstić information content (AvgIpc) is 3.35. The molecule has 1 aromatic carbocycles. The Morgan fingerprint density at radius 3 is 2.45 bits per heavy atom. The van der Waals surface area contributed by atoms with E-state index >= 15 is 0 Å². The van der Waals surface area contributed by atoms with Crippen molar-refractivity contribution in [3.63, 3.8) is 0 Å². The van der Waals surface area contributed by atoms with E-state index in [0.29, 0.717) is 6.10 Å². The van der Waals surface area contributed by atoms with E-state index < -0.39 is 0 Å². The minimum atomic E-state index is 0. The molecule has 7 nitrogen and oxygen atoms in total. The number of aliphatic imine (C=N–C) groups is 1. The smallest absolute Gasteiger partial charge is 0.190 e. The zero-order valence-electron chi connectivity index (χ0n) is 20.3. The number of benzene rings is 1. The van der Waals surface area contributed by atoms with Crippen LogP contribution in [0.5, 0.6) is 0 Å². The van der Waals surface area contributed by atoms with Gasteiger partial charge in [0.15, 0.2) is 5.96 Å². The van der Waals surface area contributed by atoms with E-state index in [1.54, 1.807) is 0 Å². The average molecular weight is 574 g/mol. The molecular weight excluding hydrogens is 529 g/mol. The van der Waals surface area contributed by atoms with E-state index in [-0.39, 0.29) is 24.0 Å². The maximum atomic E-state index is 5.71. The summed E-state index contributed by atoms with van der Waals surface area (Å²) in [6, 6.07) is 10.8. The number of halogens is 1. The molecule has 2 N–H and O–H groups in total. The van der Waals surface area contributed by atoms with Crippen molar-refractivity contribution in [3.05, 3.63) is 35.9 Å². The number of guanidine groups is 1. The predicted octanol–water partition coefficient (Wildman–Crippen LogP) is 2.95. The highest BCUT2D eigenvalue weighted by atomic mass is 127. The molecule has 0 aromatic heterocycles. The standard InChI is InChI=1S/C25H43N5O2.HI/c1-26-25(28-13-8-19-31-22-24-11-7-20-32-24)27-12-5-6-14-29-15-17-30(18-16-29)21-23-9-3-2-4-10-23;/h2-4,9-10,24H,5-8,11-22H2,1H3,(H2,26,27,28);1H. The fraction of sp³-hybridized carbons (Fsp3) is 0.720. The number of nitrogens with zero attached hydrogens (tertiary/aromatic N) is 3. The van der Waals surface area contributed by atoms with Crippen LogP contribution in [0.1, 0.15) is 37.7 Å². The number of ether oxygens (including phenoxy) is 2. The van der Waals surface area contributed by atoms with Crippen LogP contribution in [0, 0.1) is 0 Å². The van der Waals surface area contributed by atoms with Crippen LogP contribution in [0.15, 0.2) is 35.3 Å². The summed E-state index contributed by atoms with van der Waals surface area (Å²) in [7, 11) is 1.83. The first kappa shape index (κ1) is 28.3. The number of nitrogens with one attached hydrogen (secondary N) is 2. The Hall–Kier alpha value is -0.940. The molecule has 2 aliphatic rings. The van der Waals surface area contributed by atoms with E-state index in [2.05, 4.69) is 55.8 Å².